The average Bonchev–Trinajstić information content (AvgIpc) is 2.83. The molecule has 0 unspecified atom stereocenters. The van der Waals surface area contributed by atoms with E-state index in [4.69, 9.17) is 26.0 Å². The summed E-state index contributed by atoms with van der Waals surface area (Å²) in [5, 5.41) is 20.4. The number of benzene rings is 3. The van der Waals surface area contributed by atoms with Gasteiger partial charge in [0.25, 0.3) is 0 Å². The highest BCUT2D eigenvalue weighted by molar-refractivity contribution is 5.82. The number of nitrogens with one attached hydrogen (secondary N) is 4. The number of halogens is 2. The zero-order valence-electron chi connectivity index (χ0n) is 20.2. The molecule has 0 amide bonds. The van der Waals surface area contributed by atoms with E-state index < -0.39 is 0 Å². The molecule has 0 spiro atoms. The molecule has 190 valence electrons. The average molecular weight is 496 g/mol. The summed E-state index contributed by atoms with van der Waals surface area (Å²) in [6.07, 6.45) is 1.23. The Morgan fingerprint density at radius 1 is 0.778 bits per heavy atom. The van der Waals surface area contributed by atoms with Crippen LogP contribution in [0.3, 0.4) is 0 Å². The van der Waals surface area contributed by atoms with Crippen molar-refractivity contribution in [3.63, 3.8) is 0 Å². The van der Waals surface area contributed by atoms with Crippen molar-refractivity contribution in [1.29, 1.82) is 10.8 Å². The standard InChI is InChI=1S/C27H31F2N5O2/c1-18(30)33-10-4-12-35-25-17-26(36-13-5-11-34-27(31)32)24(20-7-3-9-22(29)15-20)16-23(25)19-6-2-8-21(28)14-19/h2-3,6-9,14-17H,4-5,10-13H2,1H3,(H2,30,33)(H4,31,32,34). The first-order valence-corrected chi connectivity index (χ1v) is 11.7. The van der Waals surface area contributed by atoms with Crippen molar-refractivity contribution >= 4 is 11.8 Å². The second kappa shape index (κ2) is 13.1. The largest absolute Gasteiger partial charge is 0.493 e. The fraction of sp³-hybridized carbons (Fsp3) is 0.259. The van der Waals surface area contributed by atoms with Crippen LogP contribution in [0.4, 0.5) is 8.78 Å². The van der Waals surface area contributed by atoms with Gasteiger partial charge in [-0.05, 0) is 61.2 Å². The Labute approximate surface area is 209 Å². The van der Waals surface area contributed by atoms with Crippen molar-refractivity contribution in [2.45, 2.75) is 19.8 Å². The summed E-state index contributed by atoms with van der Waals surface area (Å²) in [5.41, 5.74) is 7.84. The lowest BCUT2D eigenvalue weighted by Crippen LogP contribution is -2.31. The maximum atomic E-state index is 14.1. The van der Waals surface area contributed by atoms with Crippen LogP contribution in [-0.2, 0) is 0 Å². The van der Waals surface area contributed by atoms with Crippen LogP contribution in [0.15, 0.2) is 60.7 Å². The molecule has 0 heterocycles. The molecule has 7 nitrogen and oxygen atoms in total. The number of hydrogen-bond acceptors (Lipinski definition) is 4. The zero-order valence-corrected chi connectivity index (χ0v) is 20.2. The van der Waals surface area contributed by atoms with Crippen molar-refractivity contribution < 1.29 is 18.3 Å². The minimum absolute atomic E-state index is 0.113. The summed E-state index contributed by atoms with van der Waals surface area (Å²) in [7, 11) is 0. The van der Waals surface area contributed by atoms with Crippen molar-refractivity contribution in [1.82, 2.24) is 10.6 Å². The molecule has 3 aromatic rings. The van der Waals surface area contributed by atoms with Gasteiger partial charge in [-0.3, -0.25) is 10.8 Å². The van der Waals surface area contributed by atoms with E-state index in [9.17, 15) is 8.78 Å². The van der Waals surface area contributed by atoms with Gasteiger partial charge in [0.05, 0.1) is 19.0 Å². The number of rotatable bonds is 12. The van der Waals surface area contributed by atoms with Crippen LogP contribution >= 0.6 is 0 Å². The molecule has 0 aromatic heterocycles. The molecular weight excluding hydrogens is 464 g/mol. The number of amidine groups is 1. The Bertz CT molecular complexity index is 1110. The van der Waals surface area contributed by atoms with E-state index in [1.165, 1.54) is 24.3 Å². The molecule has 0 saturated heterocycles. The second-order valence-corrected chi connectivity index (χ2v) is 8.16. The van der Waals surface area contributed by atoms with E-state index in [0.29, 0.717) is 78.7 Å². The molecule has 0 atom stereocenters. The van der Waals surface area contributed by atoms with Gasteiger partial charge in [0, 0.05) is 30.3 Å². The van der Waals surface area contributed by atoms with Crippen LogP contribution < -0.4 is 25.8 Å². The number of nitrogens with two attached hydrogens (primary N) is 1. The third-order valence-electron chi connectivity index (χ3n) is 5.22. The molecule has 0 radical (unpaired) electrons. The highest BCUT2D eigenvalue weighted by Gasteiger charge is 2.16. The smallest absolute Gasteiger partial charge is 0.185 e. The fourth-order valence-electron chi connectivity index (χ4n) is 3.57. The molecule has 0 saturated carbocycles. The van der Waals surface area contributed by atoms with Gasteiger partial charge < -0.3 is 25.8 Å². The van der Waals surface area contributed by atoms with Crippen LogP contribution in [0, 0.1) is 22.5 Å². The monoisotopic (exact) mass is 495 g/mol. The topological polar surface area (TPSA) is 116 Å². The molecule has 0 aliphatic heterocycles. The first-order chi connectivity index (χ1) is 17.3. The van der Waals surface area contributed by atoms with E-state index in [-0.39, 0.29) is 17.6 Å². The zero-order chi connectivity index (χ0) is 25.9. The van der Waals surface area contributed by atoms with Crippen LogP contribution in [0.25, 0.3) is 22.3 Å². The molecule has 3 rings (SSSR count). The normalized spacial score (nSPS) is 10.5. The van der Waals surface area contributed by atoms with Gasteiger partial charge in [-0.1, -0.05) is 24.3 Å². The maximum Gasteiger partial charge on any atom is 0.185 e. The Morgan fingerprint density at radius 3 is 1.72 bits per heavy atom. The van der Waals surface area contributed by atoms with Gasteiger partial charge >= 0.3 is 0 Å². The lowest BCUT2D eigenvalue weighted by Gasteiger charge is -2.19. The summed E-state index contributed by atoms with van der Waals surface area (Å²) >= 11 is 0. The molecule has 0 aliphatic carbocycles. The minimum Gasteiger partial charge on any atom is -0.493 e. The van der Waals surface area contributed by atoms with Gasteiger partial charge in [-0.2, -0.15) is 0 Å². The van der Waals surface area contributed by atoms with Gasteiger partial charge in [0.15, 0.2) is 5.96 Å². The molecule has 3 aromatic carbocycles. The summed E-state index contributed by atoms with van der Waals surface area (Å²) < 4.78 is 40.3. The first kappa shape index (κ1) is 26.5. The molecular formula is C27H31F2N5O2. The van der Waals surface area contributed by atoms with Gasteiger partial charge in [-0.25, -0.2) is 8.78 Å². The number of ether oxygens (including phenoxy) is 2. The fourth-order valence-corrected chi connectivity index (χ4v) is 3.57. The highest BCUT2D eigenvalue weighted by atomic mass is 19.1. The van der Waals surface area contributed by atoms with E-state index >= 15 is 0 Å². The van der Waals surface area contributed by atoms with E-state index in [1.54, 1.807) is 37.3 Å². The first-order valence-electron chi connectivity index (χ1n) is 11.7. The highest BCUT2D eigenvalue weighted by Crippen LogP contribution is 2.41. The molecule has 6 N–H and O–H groups in total. The SMILES string of the molecule is CC(=N)NCCCOc1cc(OCCCNC(=N)N)c(-c2cccc(F)c2)cc1-c1cccc(F)c1. The molecule has 0 fully saturated rings. The Hall–Kier alpha value is -4.14. The summed E-state index contributed by atoms with van der Waals surface area (Å²) in [4.78, 5) is 0. The van der Waals surface area contributed by atoms with E-state index in [0.717, 1.165) is 0 Å². The molecule has 0 aliphatic rings. The predicted octanol–water partition coefficient (Wildman–Crippen LogP) is 4.91. The summed E-state index contributed by atoms with van der Waals surface area (Å²) in [6.45, 7) is 3.41. The third-order valence-corrected chi connectivity index (χ3v) is 5.22. The maximum absolute atomic E-state index is 14.1. The summed E-state index contributed by atoms with van der Waals surface area (Å²) in [5.74, 6) is 0.500. The lowest BCUT2D eigenvalue weighted by molar-refractivity contribution is 0.297. The van der Waals surface area contributed by atoms with Crippen LogP contribution in [0.1, 0.15) is 19.8 Å². The molecule has 9 heteroatoms. The predicted molar refractivity (Wildman–Crippen MR) is 139 cm³/mol. The molecule has 0 bridgehead atoms. The van der Waals surface area contributed by atoms with E-state index in [2.05, 4.69) is 10.6 Å². The van der Waals surface area contributed by atoms with Crippen molar-refractivity contribution in [2.75, 3.05) is 26.3 Å². The minimum atomic E-state index is -0.384. The van der Waals surface area contributed by atoms with Crippen LogP contribution in [-0.4, -0.2) is 38.1 Å². The Kier molecular flexibility index (Phi) is 9.62. The Morgan fingerprint density at radius 2 is 1.28 bits per heavy atom. The van der Waals surface area contributed by atoms with Crippen molar-refractivity contribution in [2.24, 2.45) is 5.73 Å². The lowest BCUT2D eigenvalue weighted by atomic mass is 9.97. The van der Waals surface area contributed by atoms with Crippen molar-refractivity contribution in [3.8, 4) is 33.8 Å². The van der Waals surface area contributed by atoms with Gasteiger partial charge in [0.2, 0.25) is 0 Å². The quantitative estimate of drug-likeness (QED) is 0.139. The van der Waals surface area contributed by atoms with Crippen LogP contribution in [0.5, 0.6) is 11.5 Å². The molecule has 36 heavy (non-hydrogen) atoms. The second-order valence-electron chi connectivity index (χ2n) is 8.16. The number of guanidine groups is 1. The number of hydrogen-bond donors (Lipinski definition) is 5. The summed E-state index contributed by atoms with van der Waals surface area (Å²) in [6, 6.07) is 16.0. The third kappa shape index (κ3) is 7.97. The van der Waals surface area contributed by atoms with Gasteiger partial charge in [-0.15, -0.1) is 0 Å². The van der Waals surface area contributed by atoms with E-state index in [1.807, 2.05) is 6.07 Å². The van der Waals surface area contributed by atoms with Crippen LogP contribution in [0.2, 0.25) is 0 Å². The van der Waals surface area contributed by atoms with Crippen molar-refractivity contribution in [3.05, 3.63) is 72.3 Å². The van der Waals surface area contributed by atoms with Gasteiger partial charge in [0.1, 0.15) is 23.1 Å². The Balaban J connectivity index is 1.97.